The number of hydrogen-bond donors (Lipinski definition) is 1. The Morgan fingerprint density at radius 3 is 2.78 bits per heavy atom. The van der Waals surface area contributed by atoms with Gasteiger partial charge >= 0.3 is 5.97 Å². The first-order valence-electron chi connectivity index (χ1n) is 7.47. The third kappa shape index (κ3) is 3.01. The van der Waals surface area contributed by atoms with Gasteiger partial charge in [0.05, 0.1) is 12.7 Å². The number of nitrogens with one attached hydrogen (secondary N) is 1. The fourth-order valence-electron chi connectivity index (χ4n) is 2.47. The molecule has 1 amide bonds. The zero-order valence-corrected chi connectivity index (χ0v) is 14.0. The van der Waals surface area contributed by atoms with Crippen molar-refractivity contribution in [3.05, 3.63) is 34.4 Å². The van der Waals surface area contributed by atoms with E-state index in [4.69, 9.17) is 9.15 Å². The van der Waals surface area contributed by atoms with Gasteiger partial charge in [0.2, 0.25) is 0 Å². The lowest BCUT2D eigenvalue weighted by atomic mass is 10.1. The van der Waals surface area contributed by atoms with Gasteiger partial charge in [-0.2, -0.15) is 0 Å². The van der Waals surface area contributed by atoms with Crippen molar-refractivity contribution in [1.29, 1.82) is 0 Å². The summed E-state index contributed by atoms with van der Waals surface area (Å²) in [4.78, 5) is 28.6. The Kier molecular flexibility index (Phi) is 4.21. The summed E-state index contributed by atoms with van der Waals surface area (Å²) in [6.45, 7) is 3.85. The van der Waals surface area contributed by atoms with E-state index in [2.05, 4.69) is 10.3 Å². The van der Waals surface area contributed by atoms with Crippen molar-refractivity contribution in [2.45, 2.75) is 38.5 Å². The second-order valence-corrected chi connectivity index (χ2v) is 6.71. The molecule has 1 fully saturated rings. The fraction of sp³-hybridized carbons (Fsp3) is 0.438. The second kappa shape index (κ2) is 6.16. The molecule has 1 saturated carbocycles. The van der Waals surface area contributed by atoms with Crippen molar-refractivity contribution < 1.29 is 18.7 Å². The van der Waals surface area contributed by atoms with Crippen LogP contribution in [-0.4, -0.2) is 24.0 Å². The lowest BCUT2D eigenvalue weighted by Crippen LogP contribution is -2.16. The summed E-state index contributed by atoms with van der Waals surface area (Å²) in [5.41, 5.74) is 1.67. The summed E-state index contributed by atoms with van der Waals surface area (Å²) in [5.74, 6) is 0.165. The lowest BCUT2D eigenvalue weighted by Gasteiger charge is -2.07. The van der Waals surface area contributed by atoms with Gasteiger partial charge < -0.3 is 14.5 Å². The number of anilines is 1. The minimum absolute atomic E-state index is 0.0451. The summed E-state index contributed by atoms with van der Waals surface area (Å²) >= 11 is 1.34. The van der Waals surface area contributed by atoms with Crippen LogP contribution in [0.25, 0.3) is 0 Å². The summed E-state index contributed by atoms with van der Waals surface area (Å²) < 4.78 is 10.1. The Hall–Kier alpha value is -2.15. The fourth-order valence-corrected chi connectivity index (χ4v) is 3.49. The van der Waals surface area contributed by atoms with E-state index in [1.807, 2.05) is 19.2 Å². The molecule has 0 bridgehead atoms. The number of methoxy groups -OCH3 is 1. The number of hydrogen-bond acceptors (Lipinski definition) is 6. The molecular weight excluding hydrogens is 316 g/mol. The average Bonchev–Trinajstić information content (AvgIpc) is 3.10. The van der Waals surface area contributed by atoms with Gasteiger partial charge in [-0.05, 0) is 29.7 Å². The van der Waals surface area contributed by atoms with Crippen LogP contribution in [0.2, 0.25) is 0 Å². The number of aromatic nitrogens is 1. The number of esters is 1. The van der Waals surface area contributed by atoms with Crippen LogP contribution in [0.3, 0.4) is 0 Å². The van der Waals surface area contributed by atoms with Crippen molar-refractivity contribution in [2.24, 2.45) is 0 Å². The van der Waals surface area contributed by atoms with Crippen LogP contribution < -0.4 is 5.32 Å². The lowest BCUT2D eigenvalue weighted by molar-refractivity contribution is 0.0601. The van der Waals surface area contributed by atoms with Gasteiger partial charge in [-0.15, -0.1) is 11.3 Å². The molecular formula is C16H18N2O4S. The molecule has 1 aliphatic carbocycles. The van der Waals surface area contributed by atoms with Crippen LogP contribution >= 0.6 is 11.3 Å². The van der Waals surface area contributed by atoms with Crippen LogP contribution in [0, 0.1) is 0 Å². The normalized spacial score (nSPS) is 14.1. The Morgan fingerprint density at radius 2 is 2.17 bits per heavy atom. The minimum Gasteiger partial charge on any atom is -0.465 e. The van der Waals surface area contributed by atoms with Gasteiger partial charge in [-0.1, -0.05) is 13.8 Å². The number of nitrogens with zero attached hydrogens (tertiary/aromatic N) is 1. The predicted octanol–water partition coefficient (Wildman–Crippen LogP) is 3.78. The maximum atomic E-state index is 12.5. The molecule has 0 aliphatic heterocycles. The molecule has 122 valence electrons. The third-order valence-electron chi connectivity index (χ3n) is 3.79. The van der Waals surface area contributed by atoms with Gasteiger partial charge in [0.15, 0.2) is 12.1 Å². The Labute approximate surface area is 137 Å². The van der Waals surface area contributed by atoms with Gasteiger partial charge in [0, 0.05) is 5.92 Å². The van der Waals surface area contributed by atoms with Crippen LogP contribution in [0.5, 0.6) is 0 Å². The predicted molar refractivity (Wildman–Crippen MR) is 86.2 cm³/mol. The van der Waals surface area contributed by atoms with Crippen molar-refractivity contribution in [3.63, 3.8) is 0 Å². The number of oxazole rings is 1. The number of ether oxygens (including phenoxy) is 1. The largest absolute Gasteiger partial charge is 0.465 e. The van der Waals surface area contributed by atoms with Gasteiger partial charge in [0.1, 0.15) is 10.8 Å². The molecule has 0 saturated heterocycles. The molecule has 2 aromatic heterocycles. The summed E-state index contributed by atoms with van der Waals surface area (Å²) in [5, 5.41) is 5.21. The smallest absolute Gasteiger partial charge is 0.341 e. The van der Waals surface area contributed by atoms with Crippen LogP contribution in [0.1, 0.15) is 70.7 Å². The summed E-state index contributed by atoms with van der Waals surface area (Å²) in [7, 11) is 1.34. The highest BCUT2D eigenvalue weighted by Gasteiger charge is 2.32. The van der Waals surface area contributed by atoms with E-state index in [1.165, 1.54) is 24.8 Å². The second-order valence-electron chi connectivity index (χ2n) is 5.84. The minimum atomic E-state index is -0.423. The van der Waals surface area contributed by atoms with E-state index >= 15 is 0 Å². The SMILES string of the molecule is COC(=O)c1c(C2CC2)csc1NC(=O)c1ncoc1C(C)C. The average molecular weight is 334 g/mol. The van der Waals surface area contributed by atoms with Crippen LogP contribution in [-0.2, 0) is 4.74 Å². The molecule has 3 rings (SSSR count). The molecule has 0 unspecified atom stereocenters. The molecule has 2 heterocycles. The highest BCUT2D eigenvalue weighted by molar-refractivity contribution is 7.15. The number of rotatable bonds is 5. The highest BCUT2D eigenvalue weighted by atomic mass is 32.1. The van der Waals surface area contributed by atoms with Crippen molar-refractivity contribution >= 4 is 28.2 Å². The molecule has 2 aromatic rings. The zero-order valence-electron chi connectivity index (χ0n) is 13.2. The van der Waals surface area contributed by atoms with E-state index < -0.39 is 5.97 Å². The van der Waals surface area contributed by atoms with Crippen molar-refractivity contribution in [2.75, 3.05) is 12.4 Å². The molecule has 1 N–H and O–H groups in total. The van der Waals surface area contributed by atoms with E-state index in [1.54, 1.807) is 0 Å². The molecule has 0 aromatic carbocycles. The molecule has 23 heavy (non-hydrogen) atoms. The van der Waals surface area contributed by atoms with Crippen LogP contribution in [0.4, 0.5) is 5.00 Å². The monoisotopic (exact) mass is 334 g/mol. The number of amides is 1. The first-order valence-corrected chi connectivity index (χ1v) is 8.35. The van der Waals surface area contributed by atoms with E-state index in [0.717, 1.165) is 18.4 Å². The number of carbonyl (C=O) groups excluding carboxylic acids is 2. The first kappa shape index (κ1) is 15.7. The molecule has 6 nitrogen and oxygen atoms in total. The molecule has 0 spiro atoms. The van der Waals surface area contributed by atoms with E-state index in [-0.39, 0.29) is 17.5 Å². The highest BCUT2D eigenvalue weighted by Crippen LogP contribution is 2.46. The quantitative estimate of drug-likeness (QED) is 0.842. The molecule has 0 radical (unpaired) electrons. The standard InChI is InChI=1S/C16H18N2O4S/c1-8(2)13-12(17-7-22-13)14(19)18-15-11(16(20)21-3)10(6-23-15)9-4-5-9/h6-9H,4-5H2,1-3H3,(H,18,19). The Balaban J connectivity index is 1.89. The first-order chi connectivity index (χ1) is 11.0. The topological polar surface area (TPSA) is 81.4 Å². The maximum absolute atomic E-state index is 12.5. The van der Waals surface area contributed by atoms with E-state index in [0.29, 0.717) is 22.2 Å². The molecule has 1 aliphatic rings. The summed E-state index contributed by atoms with van der Waals surface area (Å²) in [6.07, 6.45) is 3.39. The van der Waals surface area contributed by atoms with Crippen molar-refractivity contribution in [3.8, 4) is 0 Å². The maximum Gasteiger partial charge on any atom is 0.341 e. The van der Waals surface area contributed by atoms with Crippen molar-refractivity contribution in [1.82, 2.24) is 4.98 Å². The third-order valence-corrected chi connectivity index (χ3v) is 4.70. The van der Waals surface area contributed by atoms with Gasteiger partial charge in [-0.3, -0.25) is 4.79 Å². The molecule has 7 heteroatoms. The summed E-state index contributed by atoms with van der Waals surface area (Å²) in [6, 6.07) is 0. The van der Waals surface area contributed by atoms with Gasteiger partial charge in [-0.25, -0.2) is 9.78 Å². The Bertz CT molecular complexity index is 743. The number of thiophene rings is 1. The zero-order chi connectivity index (χ0) is 16.6. The molecule has 0 atom stereocenters. The number of carbonyl (C=O) groups is 2. The van der Waals surface area contributed by atoms with Crippen LogP contribution in [0.15, 0.2) is 16.2 Å². The van der Waals surface area contributed by atoms with Gasteiger partial charge in [0.25, 0.3) is 5.91 Å². The van der Waals surface area contributed by atoms with E-state index in [9.17, 15) is 9.59 Å². The Morgan fingerprint density at radius 1 is 1.43 bits per heavy atom.